The summed E-state index contributed by atoms with van der Waals surface area (Å²) >= 11 is 0. The van der Waals surface area contributed by atoms with Crippen molar-refractivity contribution < 1.29 is 9.53 Å². The number of ether oxygens (including phenoxy) is 1. The molecule has 1 atom stereocenters. The lowest BCUT2D eigenvalue weighted by Gasteiger charge is -2.35. The minimum atomic E-state index is -0.0408. The topological polar surface area (TPSA) is 66.0 Å². The van der Waals surface area contributed by atoms with Crippen LogP contribution in [0.5, 0.6) is 0 Å². The van der Waals surface area contributed by atoms with E-state index >= 15 is 0 Å². The Bertz CT molecular complexity index is 589. The van der Waals surface area contributed by atoms with Crippen molar-refractivity contribution in [2.24, 2.45) is 4.99 Å². The Morgan fingerprint density at radius 2 is 2.12 bits per heavy atom. The third kappa shape index (κ3) is 5.74. The van der Waals surface area contributed by atoms with Gasteiger partial charge in [-0.25, -0.2) is 4.99 Å². The normalized spacial score (nSPS) is 18.1. The third-order valence-electron chi connectivity index (χ3n) is 4.18. The van der Waals surface area contributed by atoms with E-state index in [1.165, 1.54) is 11.1 Å². The molecule has 138 valence electrons. The summed E-state index contributed by atoms with van der Waals surface area (Å²) in [7, 11) is 0. The zero-order valence-electron chi connectivity index (χ0n) is 15.5. The predicted octanol–water partition coefficient (Wildman–Crippen LogP) is 1.86. The lowest BCUT2D eigenvalue weighted by Crippen LogP contribution is -2.48. The molecule has 0 aliphatic carbocycles. The van der Waals surface area contributed by atoms with Crippen LogP contribution in [0.1, 0.15) is 37.5 Å². The van der Waals surface area contributed by atoms with Crippen molar-refractivity contribution in [3.63, 3.8) is 0 Å². The number of nitrogens with one attached hydrogen (secondary N) is 2. The lowest BCUT2D eigenvalue weighted by molar-refractivity contribution is -0.119. The fourth-order valence-electron chi connectivity index (χ4n) is 2.87. The van der Waals surface area contributed by atoms with Crippen LogP contribution in [-0.4, -0.2) is 56.1 Å². The molecule has 1 fully saturated rings. The smallest absolute Gasteiger partial charge is 0.241 e. The first-order chi connectivity index (χ1) is 12.2. The quantitative estimate of drug-likeness (QED) is 0.609. The van der Waals surface area contributed by atoms with Gasteiger partial charge in [0.15, 0.2) is 5.96 Å². The van der Waals surface area contributed by atoms with Crippen molar-refractivity contribution in [2.45, 2.75) is 33.3 Å². The Hall–Kier alpha value is -2.08. The van der Waals surface area contributed by atoms with Gasteiger partial charge in [0.1, 0.15) is 12.6 Å². The first kappa shape index (κ1) is 19.2. The van der Waals surface area contributed by atoms with Crippen LogP contribution in [0.3, 0.4) is 0 Å². The van der Waals surface area contributed by atoms with Gasteiger partial charge in [0.2, 0.25) is 5.91 Å². The van der Waals surface area contributed by atoms with Crippen LogP contribution in [0.15, 0.2) is 29.3 Å². The van der Waals surface area contributed by atoms with Crippen molar-refractivity contribution in [3.8, 4) is 0 Å². The van der Waals surface area contributed by atoms with Gasteiger partial charge in [-0.05, 0) is 31.4 Å². The molecule has 0 aromatic heterocycles. The zero-order chi connectivity index (χ0) is 18.1. The average molecular weight is 346 g/mol. The molecule has 1 aliphatic heterocycles. The van der Waals surface area contributed by atoms with E-state index in [9.17, 15) is 4.79 Å². The van der Waals surface area contributed by atoms with Gasteiger partial charge < -0.3 is 20.3 Å². The highest BCUT2D eigenvalue weighted by atomic mass is 16.5. The van der Waals surface area contributed by atoms with Gasteiger partial charge in [0, 0.05) is 19.6 Å². The number of guanidine groups is 1. The molecular weight excluding hydrogens is 316 g/mol. The van der Waals surface area contributed by atoms with Gasteiger partial charge in [-0.2, -0.15) is 0 Å². The fourth-order valence-corrected chi connectivity index (χ4v) is 2.87. The fraction of sp³-hybridized carbons (Fsp3) is 0.579. The summed E-state index contributed by atoms with van der Waals surface area (Å²) in [5.74, 6) is 0.733. The molecule has 1 unspecified atom stereocenters. The Morgan fingerprint density at radius 3 is 2.84 bits per heavy atom. The van der Waals surface area contributed by atoms with E-state index in [1.807, 2.05) is 26.0 Å². The number of amides is 1. The summed E-state index contributed by atoms with van der Waals surface area (Å²) in [4.78, 5) is 18.5. The van der Waals surface area contributed by atoms with Crippen molar-refractivity contribution in [3.05, 3.63) is 35.4 Å². The van der Waals surface area contributed by atoms with E-state index < -0.39 is 0 Å². The molecule has 1 aromatic rings. The largest absolute Gasteiger partial charge is 0.370 e. The standard InChI is InChI=1S/C19H30N4O2/c1-4-10-21-18(24)13-22-19(20-5-2)23-11-12-25-17(14-23)16-9-7-6-8-15(16)3/h6-9,17H,4-5,10-14H2,1-3H3,(H,20,22)(H,21,24). The van der Waals surface area contributed by atoms with Gasteiger partial charge in [0.05, 0.1) is 13.2 Å². The van der Waals surface area contributed by atoms with Crippen LogP contribution in [-0.2, 0) is 9.53 Å². The third-order valence-corrected chi connectivity index (χ3v) is 4.18. The van der Waals surface area contributed by atoms with Gasteiger partial charge in [0.25, 0.3) is 0 Å². The molecule has 6 heteroatoms. The number of nitrogens with zero attached hydrogens (tertiary/aromatic N) is 2. The molecular formula is C19H30N4O2. The van der Waals surface area contributed by atoms with E-state index in [-0.39, 0.29) is 18.6 Å². The zero-order valence-corrected chi connectivity index (χ0v) is 15.5. The highest BCUT2D eigenvalue weighted by Gasteiger charge is 2.25. The van der Waals surface area contributed by atoms with Crippen LogP contribution >= 0.6 is 0 Å². The summed E-state index contributed by atoms with van der Waals surface area (Å²) in [5, 5.41) is 6.15. The first-order valence-corrected chi connectivity index (χ1v) is 9.12. The molecule has 2 rings (SSSR count). The second-order valence-corrected chi connectivity index (χ2v) is 6.18. The summed E-state index contributed by atoms with van der Waals surface area (Å²) in [6.45, 7) is 9.92. The maximum atomic E-state index is 11.8. The highest BCUT2D eigenvalue weighted by Crippen LogP contribution is 2.24. The van der Waals surface area contributed by atoms with E-state index in [4.69, 9.17) is 4.74 Å². The molecule has 1 heterocycles. The Labute approximate surface area is 150 Å². The van der Waals surface area contributed by atoms with E-state index in [0.29, 0.717) is 13.2 Å². The van der Waals surface area contributed by atoms with E-state index in [1.54, 1.807) is 0 Å². The number of hydrogen-bond acceptors (Lipinski definition) is 3. The Kier molecular flexibility index (Phi) is 7.73. The summed E-state index contributed by atoms with van der Waals surface area (Å²) in [6.07, 6.45) is 0.949. The SMILES string of the molecule is CCCNC(=O)CN=C(NCC)N1CCOC(c2ccccc2C)C1. The molecule has 1 amide bonds. The van der Waals surface area contributed by atoms with Gasteiger partial charge in [-0.3, -0.25) is 4.79 Å². The number of benzene rings is 1. The minimum Gasteiger partial charge on any atom is -0.370 e. The lowest BCUT2D eigenvalue weighted by atomic mass is 10.0. The predicted molar refractivity (Wildman–Crippen MR) is 101 cm³/mol. The van der Waals surface area contributed by atoms with Crippen molar-refractivity contribution in [2.75, 3.05) is 39.3 Å². The van der Waals surface area contributed by atoms with Gasteiger partial charge in [-0.1, -0.05) is 31.2 Å². The molecule has 0 spiro atoms. The highest BCUT2D eigenvalue weighted by molar-refractivity contribution is 5.85. The summed E-state index contributed by atoms with van der Waals surface area (Å²) in [6, 6.07) is 8.31. The van der Waals surface area contributed by atoms with Crippen LogP contribution in [0.25, 0.3) is 0 Å². The van der Waals surface area contributed by atoms with E-state index in [2.05, 4.69) is 39.6 Å². The molecule has 6 nitrogen and oxygen atoms in total. The Balaban J connectivity index is 2.04. The molecule has 2 N–H and O–H groups in total. The van der Waals surface area contributed by atoms with Crippen molar-refractivity contribution in [1.29, 1.82) is 0 Å². The summed E-state index contributed by atoms with van der Waals surface area (Å²) in [5.41, 5.74) is 2.44. The first-order valence-electron chi connectivity index (χ1n) is 9.12. The van der Waals surface area contributed by atoms with Crippen LogP contribution in [0.4, 0.5) is 0 Å². The van der Waals surface area contributed by atoms with Crippen LogP contribution in [0.2, 0.25) is 0 Å². The Morgan fingerprint density at radius 1 is 1.32 bits per heavy atom. The number of carbonyl (C=O) groups is 1. The van der Waals surface area contributed by atoms with Crippen molar-refractivity contribution >= 4 is 11.9 Å². The number of aliphatic imine (C=N–C) groups is 1. The maximum absolute atomic E-state index is 11.8. The minimum absolute atomic E-state index is 0.0210. The molecule has 25 heavy (non-hydrogen) atoms. The van der Waals surface area contributed by atoms with Crippen LogP contribution in [0, 0.1) is 6.92 Å². The molecule has 0 saturated carbocycles. The second kappa shape index (κ2) is 10.0. The van der Waals surface area contributed by atoms with Crippen LogP contribution < -0.4 is 10.6 Å². The number of rotatable bonds is 6. The monoisotopic (exact) mass is 346 g/mol. The molecule has 1 aromatic carbocycles. The van der Waals surface area contributed by atoms with Gasteiger partial charge in [-0.15, -0.1) is 0 Å². The molecule has 1 aliphatic rings. The number of hydrogen-bond donors (Lipinski definition) is 2. The second-order valence-electron chi connectivity index (χ2n) is 6.18. The summed E-state index contributed by atoms with van der Waals surface area (Å²) < 4.78 is 5.98. The molecule has 0 bridgehead atoms. The number of carbonyl (C=O) groups excluding carboxylic acids is 1. The molecule has 0 radical (unpaired) electrons. The number of morpholine rings is 1. The maximum Gasteiger partial charge on any atom is 0.241 e. The number of aryl methyl sites for hydroxylation is 1. The van der Waals surface area contributed by atoms with E-state index in [0.717, 1.165) is 32.0 Å². The molecule has 1 saturated heterocycles. The average Bonchev–Trinajstić information content (AvgIpc) is 2.64. The van der Waals surface area contributed by atoms with Gasteiger partial charge >= 0.3 is 0 Å². The van der Waals surface area contributed by atoms with Crippen molar-refractivity contribution in [1.82, 2.24) is 15.5 Å².